The van der Waals surface area contributed by atoms with Gasteiger partial charge in [0.05, 0.1) is 5.41 Å². The van der Waals surface area contributed by atoms with Gasteiger partial charge in [0, 0.05) is 5.02 Å². The molecule has 1 N–H and O–H groups in total. The highest BCUT2D eigenvalue weighted by Gasteiger charge is 2.42. The topological polar surface area (TPSA) is 37.3 Å². The van der Waals surface area contributed by atoms with Crippen molar-refractivity contribution in [1.82, 2.24) is 0 Å². The molecule has 0 unspecified atom stereocenters. The van der Waals surface area contributed by atoms with Crippen LogP contribution < -0.4 is 0 Å². The van der Waals surface area contributed by atoms with Gasteiger partial charge < -0.3 is 5.11 Å². The summed E-state index contributed by atoms with van der Waals surface area (Å²) < 4.78 is 0. The van der Waals surface area contributed by atoms with Crippen LogP contribution >= 0.6 is 24.0 Å². The molecule has 0 atom stereocenters. The first-order chi connectivity index (χ1) is 7.15. The molecule has 0 aromatic heterocycles. The van der Waals surface area contributed by atoms with Crippen LogP contribution in [-0.2, 0) is 10.2 Å². The van der Waals surface area contributed by atoms with Crippen LogP contribution in [0.25, 0.3) is 0 Å². The number of carboxylic acid groups (broad SMARTS) is 1. The molecule has 0 radical (unpaired) electrons. The van der Waals surface area contributed by atoms with E-state index >= 15 is 0 Å². The number of carbonyl (C=O) groups is 1. The lowest BCUT2D eigenvalue weighted by atomic mass is 9.79. The molecule has 16 heavy (non-hydrogen) atoms. The normalized spacial score (nSPS) is 17.8. The van der Waals surface area contributed by atoms with Crippen molar-refractivity contribution in [2.45, 2.75) is 31.1 Å². The van der Waals surface area contributed by atoms with Gasteiger partial charge in [-0.1, -0.05) is 36.6 Å². The fraction of sp³-hybridized carbons (Fsp3) is 0.417. The van der Waals surface area contributed by atoms with Gasteiger partial charge in [-0.3, -0.25) is 4.79 Å². The summed E-state index contributed by atoms with van der Waals surface area (Å²) in [6, 6.07) is 7.20. The molecule has 0 saturated heterocycles. The van der Waals surface area contributed by atoms with Crippen molar-refractivity contribution in [3.63, 3.8) is 0 Å². The maximum absolute atomic E-state index is 11.4. The molecule has 0 spiro atoms. The SMILES string of the molecule is Cl.O=C(O)C1(c2ccc(Cl)cc2)CCCC1. The number of hydrogen-bond acceptors (Lipinski definition) is 1. The van der Waals surface area contributed by atoms with Gasteiger partial charge in [0.25, 0.3) is 0 Å². The van der Waals surface area contributed by atoms with E-state index in [1.807, 2.05) is 12.1 Å². The highest BCUT2D eigenvalue weighted by molar-refractivity contribution is 6.30. The lowest BCUT2D eigenvalue weighted by Gasteiger charge is -2.24. The van der Waals surface area contributed by atoms with Gasteiger partial charge >= 0.3 is 5.97 Å². The molecule has 1 aromatic rings. The van der Waals surface area contributed by atoms with Gasteiger partial charge in [0.15, 0.2) is 0 Å². The summed E-state index contributed by atoms with van der Waals surface area (Å²) in [5.41, 5.74) is 0.224. The second-order valence-corrected chi connectivity index (χ2v) is 4.54. The minimum absolute atomic E-state index is 0. The Morgan fingerprint density at radius 2 is 1.69 bits per heavy atom. The summed E-state index contributed by atoms with van der Waals surface area (Å²) in [4.78, 5) is 11.4. The molecule has 1 aliphatic carbocycles. The zero-order valence-corrected chi connectivity index (χ0v) is 10.4. The molecule has 88 valence electrons. The molecule has 0 heterocycles. The zero-order chi connectivity index (χ0) is 10.9. The fourth-order valence-corrected chi connectivity index (χ4v) is 2.50. The lowest BCUT2D eigenvalue weighted by molar-refractivity contribution is -0.143. The van der Waals surface area contributed by atoms with Crippen LogP contribution in [0.15, 0.2) is 24.3 Å². The summed E-state index contributed by atoms with van der Waals surface area (Å²) in [5.74, 6) is -0.706. The van der Waals surface area contributed by atoms with Crippen molar-refractivity contribution in [2.75, 3.05) is 0 Å². The van der Waals surface area contributed by atoms with Crippen LogP contribution in [0.1, 0.15) is 31.2 Å². The highest BCUT2D eigenvalue weighted by Crippen LogP contribution is 2.41. The number of rotatable bonds is 2. The van der Waals surface area contributed by atoms with Gasteiger partial charge in [-0.25, -0.2) is 0 Å². The summed E-state index contributed by atoms with van der Waals surface area (Å²) >= 11 is 5.80. The molecule has 2 rings (SSSR count). The first-order valence-corrected chi connectivity index (χ1v) is 5.52. The Kier molecular flexibility index (Phi) is 4.22. The molecule has 1 fully saturated rings. The maximum atomic E-state index is 11.4. The Morgan fingerprint density at radius 3 is 2.12 bits per heavy atom. The minimum Gasteiger partial charge on any atom is -0.481 e. The first kappa shape index (κ1) is 13.3. The molecule has 1 aromatic carbocycles. The van der Waals surface area contributed by atoms with Gasteiger partial charge in [-0.15, -0.1) is 12.4 Å². The van der Waals surface area contributed by atoms with Gasteiger partial charge in [-0.05, 0) is 30.5 Å². The standard InChI is InChI=1S/C12H13ClO2.ClH/c13-10-5-3-9(4-6-10)12(11(14)15)7-1-2-8-12;/h3-6H,1-2,7-8H2,(H,14,15);1H. The number of hydrogen-bond donors (Lipinski definition) is 1. The van der Waals surface area contributed by atoms with E-state index in [1.54, 1.807) is 12.1 Å². The summed E-state index contributed by atoms with van der Waals surface area (Å²) in [7, 11) is 0. The number of halogens is 2. The van der Waals surface area contributed by atoms with E-state index in [0.717, 1.165) is 31.2 Å². The average Bonchev–Trinajstić information content (AvgIpc) is 2.69. The minimum atomic E-state index is -0.706. The predicted octanol–water partition coefficient (Wildman–Crippen LogP) is 3.66. The zero-order valence-electron chi connectivity index (χ0n) is 8.78. The molecule has 1 aliphatic rings. The van der Waals surface area contributed by atoms with Crippen LogP contribution in [0.3, 0.4) is 0 Å². The highest BCUT2D eigenvalue weighted by atomic mass is 35.5. The lowest BCUT2D eigenvalue weighted by Crippen LogP contribution is -2.32. The van der Waals surface area contributed by atoms with E-state index in [0.29, 0.717) is 5.02 Å². The third kappa shape index (κ3) is 2.18. The Bertz CT molecular complexity index is 367. The Balaban J connectivity index is 0.00000128. The van der Waals surface area contributed by atoms with Crippen LogP contribution in [0.4, 0.5) is 0 Å². The summed E-state index contributed by atoms with van der Waals surface area (Å²) in [5, 5.41) is 10.0. The number of carboxylic acids is 1. The van der Waals surface area contributed by atoms with Crippen molar-refractivity contribution >= 4 is 30.0 Å². The van der Waals surface area contributed by atoms with Gasteiger partial charge in [-0.2, -0.15) is 0 Å². The number of aliphatic carboxylic acids is 1. The largest absolute Gasteiger partial charge is 0.481 e. The Labute approximate surface area is 106 Å². The third-order valence-electron chi connectivity index (χ3n) is 3.26. The van der Waals surface area contributed by atoms with E-state index in [1.165, 1.54) is 0 Å². The van der Waals surface area contributed by atoms with Crippen molar-refractivity contribution < 1.29 is 9.90 Å². The monoisotopic (exact) mass is 260 g/mol. The second kappa shape index (κ2) is 5.07. The van der Waals surface area contributed by atoms with Crippen LogP contribution in [0.2, 0.25) is 5.02 Å². The van der Waals surface area contributed by atoms with Crippen molar-refractivity contribution in [2.24, 2.45) is 0 Å². The second-order valence-electron chi connectivity index (χ2n) is 4.10. The molecule has 1 saturated carbocycles. The van der Waals surface area contributed by atoms with Crippen molar-refractivity contribution in [1.29, 1.82) is 0 Å². The molecule has 0 bridgehead atoms. The van der Waals surface area contributed by atoms with E-state index < -0.39 is 11.4 Å². The summed E-state index contributed by atoms with van der Waals surface area (Å²) in [6.07, 6.45) is 3.47. The van der Waals surface area contributed by atoms with Crippen LogP contribution in [0.5, 0.6) is 0 Å². The quantitative estimate of drug-likeness (QED) is 0.882. The van der Waals surface area contributed by atoms with Gasteiger partial charge in [0.1, 0.15) is 0 Å². The summed E-state index contributed by atoms with van der Waals surface area (Å²) in [6.45, 7) is 0. The fourth-order valence-electron chi connectivity index (χ4n) is 2.37. The van der Waals surface area contributed by atoms with E-state index in [4.69, 9.17) is 11.6 Å². The van der Waals surface area contributed by atoms with E-state index in [2.05, 4.69) is 0 Å². The molecule has 0 amide bonds. The molecule has 2 nitrogen and oxygen atoms in total. The molecule has 0 aliphatic heterocycles. The average molecular weight is 261 g/mol. The molecular weight excluding hydrogens is 247 g/mol. The third-order valence-corrected chi connectivity index (χ3v) is 3.52. The Morgan fingerprint density at radius 1 is 1.19 bits per heavy atom. The van der Waals surface area contributed by atoms with E-state index in [9.17, 15) is 9.90 Å². The Hall–Kier alpha value is -0.730. The smallest absolute Gasteiger partial charge is 0.314 e. The van der Waals surface area contributed by atoms with Crippen LogP contribution in [-0.4, -0.2) is 11.1 Å². The van der Waals surface area contributed by atoms with Crippen molar-refractivity contribution in [3.05, 3.63) is 34.9 Å². The van der Waals surface area contributed by atoms with Gasteiger partial charge in [0.2, 0.25) is 0 Å². The molecular formula is C12H14Cl2O2. The molecule has 4 heteroatoms. The van der Waals surface area contributed by atoms with Crippen molar-refractivity contribution in [3.8, 4) is 0 Å². The first-order valence-electron chi connectivity index (χ1n) is 5.15. The van der Waals surface area contributed by atoms with Crippen LogP contribution in [0, 0.1) is 0 Å². The van der Waals surface area contributed by atoms with E-state index in [-0.39, 0.29) is 12.4 Å². The number of benzene rings is 1. The maximum Gasteiger partial charge on any atom is 0.314 e. The predicted molar refractivity (Wildman–Crippen MR) is 66.5 cm³/mol.